The first-order valence-corrected chi connectivity index (χ1v) is 8.88. The maximum atomic E-state index is 12.2. The van der Waals surface area contributed by atoms with Crippen LogP contribution in [-0.4, -0.2) is 24.4 Å². The highest BCUT2D eigenvalue weighted by Crippen LogP contribution is 2.32. The highest BCUT2D eigenvalue weighted by Gasteiger charge is 2.15. The molecule has 0 unspecified atom stereocenters. The fourth-order valence-electron chi connectivity index (χ4n) is 2.64. The zero-order valence-corrected chi connectivity index (χ0v) is 15.3. The predicted molar refractivity (Wildman–Crippen MR) is 98.2 cm³/mol. The van der Waals surface area contributed by atoms with Crippen molar-refractivity contribution in [2.24, 2.45) is 0 Å². The second kappa shape index (κ2) is 7.21. The molecule has 0 saturated heterocycles. The van der Waals surface area contributed by atoms with E-state index in [-0.39, 0.29) is 18.4 Å². The molecule has 1 aliphatic heterocycles. The Morgan fingerprint density at radius 2 is 1.88 bits per heavy atom. The molecule has 3 aromatic rings. The fraction of sp³-hybridized carbons (Fsp3) is 0.158. The first-order valence-electron chi connectivity index (χ1n) is 8.08. The molecule has 0 radical (unpaired) electrons. The Kier molecular flexibility index (Phi) is 4.62. The molecule has 1 aromatic heterocycles. The van der Waals surface area contributed by atoms with Gasteiger partial charge < -0.3 is 19.3 Å². The average molecular weight is 415 g/mol. The number of nitrogens with one attached hydrogen (secondary N) is 1. The minimum absolute atomic E-state index is 0.252. The number of carbonyl (C=O) groups is 1. The largest absolute Gasteiger partial charge is 0.454 e. The number of ether oxygens (including phenoxy) is 2. The van der Waals surface area contributed by atoms with Crippen LogP contribution in [-0.2, 0) is 6.42 Å². The zero-order chi connectivity index (χ0) is 17.9. The molecule has 0 spiro atoms. The van der Waals surface area contributed by atoms with Crippen LogP contribution in [0.1, 0.15) is 16.1 Å². The number of aromatic nitrogens is 1. The molecule has 1 aliphatic rings. The topological polar surface area (TPSA) is 73.6 Å². The zero-order valence-electron chi connectivity index (χ0n) is 13.7. The normalized spacial score (nSPS) is 12.2. The molecule has 26 heavy (non-hydrogen) atoms. The summed E-state index contributed by atoms with van der Waals surface area (Å²) in [7, 11) is 0. The number of rotatable bonds is 5. The Balaban J connectivity index is 1.34. The third kappa shape index (κ3) is 3.57. The summed E-state index contributed by atoms with van der Waals surface area (Å²) in [5, 5.41) is 6.70. The van der Waals surface area contributed by atoms with E-state index < -0.39 is 0 Å². The van der Waals surface area contributed by atoms with Gasteiger partial charge in [-0.05, 0) is 36.2 Å². The molecule has 2 aromatic carbocycles. The van der Waals surface area contributed by atoms with Crippen LogP contribution in [0.3, 0.4) is 0 Å². The SMILES string of the molecule is O=C(NCCc1ccc2c(c1)OCO2)c1cc(-c2ccc(Br)cc2)on1. The van der Waals surface area contributed by atoms with E-state index in [4.69, 9.17) is 14.0 Å². The third-order valence-corrected chi connectivity index (χ3v) is 4.54. The standard InChI is InChI=1S/C19H15BrN2O4/c20-14-4-2-13(3-5-14)17-10-15(22-26-17)19(23)21-8-7-12-1-6-16-18(9-12)25-11-24-16/h1-6,9-10H,7-8,11H2,(H,21,23). The lowest BCUT2D eigenvalue weighted by Crippen LogP contribution is -2.25. The van der Waals surface area contributed by atoms with Crippen molar-refractivity contribution in [1.82, 2.24) is 10.5 Å². The van der Waals surface area contributed by atoms with Crippen LogP contribution in [0.4, 0.5) is 0 Å². The molecule has 4 rings (SSSR count). The number of fused-ring (bicyclic) bond motifs is 1. The third-order valence-electron chi connectivity index (χ3n) is 4.01. The summed E-state index contributed by atoms with van der Waals surface area (Å²) in [4.78, 5) is 12.2. The second-order valence-electron chi connectivity index (χ2n) is 5.78. The van der Waals surface area contributed by atoms with E-state index in [2.05, 4.69) is 26.4 Å². The Labute approximate surface area is 158 Å². The predicted octanol–water partition coefficient (Wildman–Crippen LogP) is 3.81. The van der Waals surface area contributed by atoms with Crippen LogP contribution in [0, 0.1) is 0 Å². The average Bonchev–Trinajstić information content (AvgIpc) is 3.31. The highest BCUT2D eigenvalue weighted by molar-refractivity contribution is 9.10. The van der Waals surface area contributed by atoms with Gasteiger partial charge in [0.25, 0.3) is 5.91 Å². The van der Waals surface area contributed by atoms with E-state index in [1.807, 2.05) is 42.5 Å². The van der Waals surface area contributed by atoms with Crippen molar-refractivity contribution in [1.29, 1.82) is 0 Å². The second-order valence-corrected chi connectivity index (χ2v) is 6.69. The molecule has 0 saturated carbocycles. The van der Waals surface area contributed by atoms with Crippen LogP contribution >= 0.6 is 15.9 Å². The van der Waals surface area contributed by atoms with E-state index in [1.165, 1.54) is 0 Å². The minimum atomic E-state index is -0.266. The molecule has 2 heterocycles. The van der Waals surface area contributed by atoms with E-state index in [0.29, 0.717) is 18.7 Å². The van der Waals surface area contributed by atoms with Gasteiger partial charge in [0.2, 0.25) is 6.79 Å². The van der Waals surface area contributed by atoms with Crippen LogP contribution in [0.5, 0.6) is 11.5 Å². The number of hydrogen-bond acceptors (Lipinski definition) is 5. The van der Waals surface area contributed by atoms with E-state index in [1.54, 1.807) is 6.07 Å². The summed E-state index contributed by atoms with van der Waals surface area (Å²) >= 11 is 3.39. The van der Waals surface area contributed by atoms with Crippen molar-refractivity contribution < 1.29 is 18.8 Å². The summed E-state index contributed by atoms with van der Waals surface area (Å²) in [6.07, 6.45) is 0.680. The van der Waals surface area contributed by atoms with Gasteiger partial charge in [-0.15, -0.1) is 0 Å². The smallest absolute Gasteiger partial charge is 0.273 e. The lowest BCUT2D eigenvalue weighted by Gasteiger charge is -2.04. The van der Waals surface area contributed by atoms with E-state index in [9.17, 15) is 4.79 Å². The molecular formula is C19H15BrN2O4. The monoisotopic (exact) mass is 414 g/mol. The number of amides is 1. The lowest BCUT2D eigenvalue weighted by molar-refractivity contribution is 0.0945. The van der Waals surface area contributed by atoms with Gasteiger partial charge in [-0.3, -0.25) is 4.79 Å². The summed E-state index contributed by atoms with van der Waals surface area (Å²) < 4.78 is 16.9. The molecular weight excluding hydrogens is 400 g/mol. The molecule has 1 N–H and O–H groups in total. The lowest BCUT2D eigenvalue weighted by atomic mass is 10.1. The molecule has 0 atom stereocenters. The van der Waals surface area contributed by atoms with Crippen LogP contribution in [0.25, 0.3) is 11.3 Å². The fourth-order valence-corrected chi connectivity index (χ4v) is 2.90. The summed E-state index contributed by atoms with van der Waals surface area (Å²) in [5.41, 5.74) is 2.18. The molecule has 0 bridgehead atoms. The molecule has 0 fully saturated rings. The van der Waals surface area contributed by atoms with Crippen LogP contribution in [0.2, 0.25) is 0 Å². The summed E-state index contributed by atoms with van der Waals surface area (Å²) in [5.74, 6) is 1.78. The molecule has 7 heteroatoms. The van der Waals surface area contributed by atoms with Gasteiger partial charge in [-0.1, -0.05) is 39.3 Å². The van der Waals surface area contributed by atoms with E-state index in [0.717, 1.165) is 27.1 Å². The van der Waals surface area contributed by atoms with E-state index >= 15 is 0 Å². The maximum absolute atomic E-state index is 12.2. The molecule has 1 amide bonds. The van der Waals surface area contributed by atoms with Crippen molar-refractivity contribution >= 4 is 21.8 Å². The van der Waals surface area contributed by atoms with Gasteiger partial charge in [0.1, 0.15) is 0 Å². The number of hydrogen-bond donors (Lipinski definition) is 1. The van der Waals surface area contributed by atoms with Gasteiger partial charge in [-0.25, -0.2) is 0 Å². The first kappa shape index (κ1) is 16.7. The molecule has 0 aliphatic carbocycles. The summed E-state index contributed by atoms with van der Waals surface area (Å²) in [6, 6.07) is 15.0. The van der Waals surface area contributed by atoms with Gasteiger partial charge in [0.15, 0.2) is 23.0 Å². The Morgan fingerprint density at radius 3 is 2.73 bits per heavy atom. The van der Waals surface area contributed by atoms with Crippen molar-refractivity contribution in [3.8, 4) is 22.8 Å². The Morgan fingerprint density at radius 1 is 1.08 bits per heavy atom. The summed E-state index contributed by atoms with van der Waals surface area (Å²) in [6.45, 7) is 0.737. The minimum Gasteiger partial charge on any atom is -0.454 e. The maximum Gasteiger partial charge on any atom is 0.273 e. The highest BCUT2D eigenvalue weighted by atomic mass is 79.9. The van der Waals surface area contributed by atoms with Crippen molar-refractivity contribution in [2.75, 3.05) is 13.3 Å². The van der Waals surface area contributed by atoms with Crippen LogP contribution in [0.15, 0.2) is 57.5 Å². The number of benzene rings is 2. The Bertz CT molecular complexity index is 937. The number of carbonyl (C=O) groups excluding carboxylic acids is 1. The van der Waals surface area contributed by atoms with Crippen molar-refractivity contribution in [2.45, 2.75) is 6.42 Å². The number of halogens is 1. The first-order chi connectivity index (χ1) is 12.7. The molecule has 6 nitrogen and oxygen atoms in total. The quantitative estimate of drug-likeness (QED) is 0.686. The van der Waals surface area contributed by atoms with Crippen molar-refractivity contribution in [3.05, 3.63) is 64.3 Å². The van der Waals surface area contributed by atoms with Crippen LogP contribution < -0.4 is 14.8 Å². The van der Waals surface area contributed by atoms with Gasteiger partial charge in [0.05, 0.1) is 0 Å². The van der Waals surface area contributed by atoms with Gasteiger partial charge in [-0.2, -0.15) is 0 Å². The van der Waals surface area contributed by atoms with Gasteiger partial charge in [0, 0.05) is 22.6 Å². The van der Waals surface area contributed by atoms with Crippen molar-refractivity contribution in [3.63, 3.8) is 0 Å². The number of nitrogens with zero attached hydrogens (tertiary/aromatic N) is 1. The Hall–Kier alpha value is -2.80. The molecule has 132 valence electrons. The van der Waals surface area contributed by atoms with Gasteiger partial charge >= 0.3 is 0 Å².